The molecular formula is C10H15NO2. The SMILES string of the molecule is CC1(C)[C@@H]2CC[C@@]1(C)C(=O)NC2=O. The van der Waals surface area contributed by atoms with Gasteiger partial charge in [-0.1, -0.05) is 20.8 Å². The van der Waals surface area contributed by atoms with Crippen LogP contribution < -0.4 is 5.32 Å². The Morgan fingerprint density at radius 2 is 1.92 bits per heavy atom. The maximum Gasteiger partial charge on any atom is 0.233 e. The fourth-order valence-electron chi connectivity index (χ4n) is 2.70. The van der Waals surface area contributed by atoms with Crippen molar-refractivity contribution >= 4 is 11.8 Å². The summed E-state index contributed by atoms with van der Waals surface area (Å²) in [6, 6.07) is 0. The molecule has 2 fully saturated rings. The van der Waals surface area contributed by atoms with Crippen molar-refractivity contribution in [2.24, 2.45) is 16.7 Å². The van der Waals surface area contributed by atoms with Crippen LogP contribution in [0.25, 0.3) is 0 Å². The standard InChI is InChI=1S/C10H15NO2/c1-9(2)6-4-5-10(9,3)8(13)11-7(6)12/h6H,4-5H2,1-3H3,(H,11,12,13)/t6-,10+/m1/s1. The monoisotopic (exact) mass is 181 g/mol. The van der Waals surface area contributed by atoms with E-state index in [4.69, 9.17) is 0 Å². The van der Waals surface area contributed by atoms with E-state index in [0.717, 1.165) is 12.8 Å². The van der Waals surface area contributed by atoms with Gasteiger partial charge in [-0.3, -0.25) is 14.9 Å². The Balaban J connectivity index is 2.51. The highest BCUT2D eigenvalue weighted by Gasteiger charge is 2.61. The van der Waals surface area contributed by atoms with Gasteiger partial charge in [-0.25, -0.2) is 0 Å². The van der Waals surface area contributed by atoms with Gasteiger partial charge in [-0.05, 0) is 18.3 Å². The van der Waals surface area contributed by atoms with Gasteiger partial charge in [0, 0.05) is 5.92 Å². The maximum absolute atomic E-state index is 11.7. The van der Waals surface area contributed by atoms with E-state index in [-0.39, 0.29) is 28.6 Å². The third kappa shape index (κ3) is 0.798. The Hall–Kier alpha value is -0.860. The largest absolute Gasteiger partial charge is 0.296 e. The molecule has 2 bridgehead atoms. The van der Waals surface area contributed by atoms with E-state index in [1.165, 1.54) is 0 Å². The Morgan fingerprint density at radius 3 is 2.54 bits per heavy atom. The van der Waals surface area contributed by atoms with Gasteiger partial charge in [0.25, 0.3) is 0 Å². The minimum absolute atomic E-state index is 0.0233. The first kappa shape index (κ1) is 8.73. The molecule has 13 heavy (non-hydrogen) atoms. The predicted octanol–water partition coefficient (Wildman–Crippen LogP) is 1.09. The van der Waals surface area contributed by atoms with E-state index in [1.54, 1.807) is 0 Å². The maximum atomic E-state index is 11.7. The summed E-state index contributed by atoms with van der Waals surface area (Å²) in [6.45, 7) is 6.03. The third-order valence-corrected chi connectivity index (χ3v) is 4.28. The van der Waals surface area contributed by atoms with Crippen LogP contribution in [0.4, 0.5) is 0 Å². The number of nitrogens with one attached hydrogen (secondary N) is 1. The number of carbonyl (C=O) groups is 2. The van der Waals surface area contributed by atoms with Crippen molar-refractivity contribution in [3.63, 3.8) is 0 Å². The summed E-state index contributed by atoms with van der Waals surface area (Å²) in [7, 11) is 0. The van der Waals surface area contributed by atoms with Crippen molar-refractivity contribution < 1.29 is 9.59 Å². The van der Waals surface area contributed by atoms with Crippen molar-refractivity contribution in [3.8, 4) is 0 Å². The predicted molar refractivity (Wildman–Crippen MR) is 47.8 cm³/mol. The van der Waals surface area contributed by atoms with E-state index < -0.39 is 0 Å². The van der Waals surface area contributed by atoms with Crippen molar-refractivity contribution in [3.05, 3.63) is 0 Å². The quantitative estimate of drug-likeness (QED) is 0.568. The van der Waals surface area contributed by atoms with E-state index in [0.29, 0.717) is 0 Å². The summed E-state index contributed by atoms with van der Waals surface area (Å²) >= 11 is 0. The lowest BCUT2D eigenvalue weighted by Gasteiger charge is -2.43. The first-order valence-corrected chi connectivity index (χ1v) is 4.75. The molecule has 1 N–H and O–H groups in total. The zero-order valence-electron chi connectivity index (χ0n) is 8.31. The number of carbonyl (C=O) groups excluding carboxylic acids is 2. The molecule has 1 saturated carbocycles. The van der Waals surface area contributed by atoms with Crippen LogP contribution in [-0.4, -0.2) is 11.8 Å². The minimum atomic E-state index is -0.342. The first-order valence-electron chi connectivity index (χ1n) is 4.75. The molecule has 0 spiro atoms. The molecule has 2 amide bonds. The normalized spacial score (nSPS) is 41.9. The van der Waals surface area contributed by atoms with Crippen molar-refractivity contribution in [2.75, 3.05) is 0 Å². The second-order valence-electron chi connectivity index (χ2n) is 4.96. The Kier molecular flexibility index (Phi) is 1.44. The number of imide groups is 1. The molecular weight excluding hydrogens is 166 g/mol. The van der Waals surface area contributed by atoms with Gasteiger partial charge in [0.15, 0.2) is 0 Å². The molecule has 3 nitrogen and oxygen atoms in total. The van der Waals surface area contributed by atoms with Gasteiger partial charge in [-0.2, -0.15) is 0 Å². The van der Waals surface area contributed by atoms with Gasteiger partial charge in [0.1, 0.15) is 0 Å². The fourth-order valence-corrected chi connectivity index (χ4v) is 2.70. The van der Waals surface area contributed by atoms with E-state index in [1.807, 2.05) is 20.8 Å². The topological polar surface area (TPSA) is 46.2 Å². The average molecular weight is 181 g/mol. The van der Waals surface area contributed by atoms with E-state index >= 15 is 0 Å². The van der Waals surface area contributed by atoms with Crippen LogP contribution in [0.3, 0.4) is 0 Å². The summed E-state index contributed by atoms with van der Waals surface area (Å²) in [6.07, 6.45) is 1.68. The Labute approximate surface area is 77.9 Å². The fraction of sp³-hybridized carbons (Fsp3) is 0.800. The van der Waals surface area contributed by atoms with Gasteiger partial charge in [0.05, 0.1) is 5.41 Å². The highest BCUT2D eigenvalue weighted by atomic mass is 16.2. The molecule has 0 aromatic heterocycles. The lowest BCUT2D eigenvalue weighted by atomic mass is 9.63. The zero-order chi connectivity index (χ0) is 9.85. The molecule has 1 saturated heterocycles. The van der Waals surface area contributed by atoms with Crippen molar-refractivity contribution in [2.45, 2.75) is 33.6 Å². The summed E-state index contributed by atoms with van der Waals surface area (Å²) in [5, 5.41) is 2.46. The molecule has 3 heteroatoms. The highest BCUT2D eigenvalue weighted by molar-refractivity contribution is 6.03. The smallest absolute Gasteiger partial charge is 0.233 e. The summed E-state index contributed by atoms with van der Waals surface area (Å²) in [4.78, 5) is 23.2. The first-order chi connectivity index (χ1) is 5.89. The third-order valence-electron chi connectivity index (χ3n) is 4.28. The molecule has 0 radical (unpaired) electrons. The Bertz CT molecular complexity index is 295. The zero-order valence-corrected chi connectivity index (χ0v) is 8.31. The molecule has 0 aromatic rings. The number of hydrogen-bond donors (Lipinski definition) is 1. The van der Waals surface area contributed by atoms with Crippen molar-refractivity contribution in [1.29, 1.82) is 0 Å². The number of fused-ring (bicyclic) bond motifs is 2. The van der Waals surface area contributed by atoms with E-state index in [2.05, 4.69) is 5.32 Å². The van der Waals surface area contributed by atoms with Crippen LogP contribution in [0.1, 0.15) is 33.6 Å². The number of piperidine rings is 1. The molecule has 0 unspecified atom stereocenters. The van der Waals surface area contributed by atoms with Gasteiger partial charge in [0.2, 0.25) is 11.8 Å². The van der Waals surface area contributed by atoms with Gasteiger partial charge >= 0.3 is 0 Å². The van der Waals surface area contributed by atoms with Crippen LogP contribution in [0.15, 0.2) is 0 Å². The van der Waals surface area contributed by atoms with Crippen LogP contribution in [0.5, 0.6) is 0 Å². The van der Waals surface area contributed by atoms with Crippen LogP contribution in [0.2, 0.25) is 0 Å². The van der Waals surface area contributed by atoms with Gasteiger partial charge < -0.3 is 0 Å². The van der Waals surface area contributed by atoms with Crippen LogP contribution in [-0.2, 0) is 9.59 Å². The number of amides is 2. The van der Waals surface area contributed by atoms with Crippen LogP contribution in [0, 0.1) is 16.7 Å². The average Bonchev–Trinajstić information content (AvgIpc) is 2.16. The summed E-state index contributed by atoms with van der Waals surface area (Å²) in [5.74, 6) is -0.142. The molecule has 1 aliphatic carbocycles. The summed E-state index contributed by atoms with van der Waals surface area (Å²) < 4.78 is 0. The lowest BCUT2D eigenvalue weighted by Crippen LogP contribution is -2.57. The second kappa shape index (κ2) is 2.14. The summed E-state index contributed by atoms with van der Waals surface area (Å²) in [5.41, 5.74) is -0.516. The van der Waals surface area contributed by atoms with Gasteiger partial charge in [-0.15, -0.1) is 0 Å². The Morgan fingerprint density at radius 1 is 1.31 bits per heavy atom. The molecule has 0 aromatic carbocycles. The van der Waals surface area contributed by atoms with Crippen LogP contribution >= 0.6 is 0 Å². The molecule has 1 aliphatic heterocycles. The lowest BCUT2D eigenvalue weighted by molar-refractivity contribution is -0.150. The van der Waals surface area contributed by atoms with E-state index in [9.17, 15) is 9.59 Å². The number of rotatable bonds is 0. The molecule has 2 atom stereocenters. The molecule has 1 heterocycles. The van der Waals surface area contributed by atoms with Crippen molar-refractivity contribution in [1.82, 2.24) is 5.32 Å². The molecule has 2 rings (SSSR count). The second-order valence-corrected chi connectivity index (χ2v) is 4.96. The molecule has 72 valence electrons. The highest BCUT2D eigenvalue weighted by Crippen LogP contribution is 2.57. The molecule has 2 aliphatic rings. The minimum Gasteiger partial charge on any atom is -0.296 e. The number of hydrogen-bond acceptors (Lipinski definition) is 2.